The largest absolute Gasteiger partial charge is 0.480 e. The van der Waals surface area contributed by atoms with Gasteiger partial charge < -0.3 is 14.6 Å². The van der Waals surface area contributed by atoms with Crippen LogP contribution in [0, 0.1) is 5.41 Å². The molecule has 2 aromatic rings. The highest BCUT2D eigenvalue weighted by Crippen LogP contribution is 2.40. The molecule has 1 atom stereocenters. The van der Waals surface area contributed by atoms with Gasteiger partial charge in [-0.2, -0.15) is 0 Å². The van der Waals surface area contributed by atoms with Crippen molar-refractivity contribution < 1.29 is 14.7 Å². The Kier molecular flexibility index (Phi) is 4.23. The molecule has 26 heavy (non-hydrogen) atoms. The Bertz CT molecular complexity index is 859. The Morgan fingerprint density at radius 1 is 1.23 bits per heavy atom. The molecule has 0 unspecified atom stereocenters. The van der Waals surface area contributed by atoms with Gasteiger partial charge in [0.05, 0.1) is 5.41 Å². The van der Waals surface area contributed by atoms with Crippen molar-refractivity contribution in [2.75, 3.05) is 26.7 Å². The number of fused-ring (bicyclic) bond motifs is 1. The van der Waals surface area contributed by atoms with Crippen LogP contribution in [0.15, 0.2) is 30.5 Å². The summed E-state index contributed by atoms with van der Waals surface area (Å²) in [5.74, 6) is -0.548. The van der Waals surface area contributed by atoms with E-state index in [-0.39, 0.29) is 12.0 Å². The van der Waals surface area contributed by atoms with Crippen molar-refractivity contribution in [3.63, 3.8) is 0 Å². The highest BCUT2D eigenvalue weighted by molar-refractivity contribution is 5.85. The molecule has 6 heteroatoms. The van der Waals surface area contributed by atoms with Crippen molar-refractivity contribution in [1.29, 1.82) is 0 Å². The fourth-order valence-corrected chi connectivity index (χ4v) is 4.71. The van der Waals surface area contributed by atoms with Crippen molar-refractivity contribution >= 4 is 22.8 Å². The first-order chi connectivity index (χ1) is 12.5. The Morgan fingerprint density at radius 3 is 2.85 bits per heavy atom. The molecule has 1 aromatic carbocycles. The molecule has 0 radical (unpaired) electrons. The summed E-state index contributed by atoms with van der Waals surface area (Å²) in [5.41, 5.74) is 1.87. The molecule has 6 nitrogen and oxygen atoms in total. The number of para-hydroxylation sites is 1. The fourth-order valence-electron chi connectivity index (χ4n) is 4.71. The number of nitrogens with zero attached hydrogens (tertiary/aromatic N) is 3. The van der Waals surface area contributed by atoms with Crippen molar-refractivity contribution in [3.05, 3.63) is 36.0 Å². The van der Waals surface area contributed by atoms with Gasteiger partial charge in [-0.1, -0.05) is 18.2 Å². The van der Waals surface area contributed by atoms with Crippen molar-refractivity contribution in [1.82, 2.24) is 14.4 Å². The molecule has 0 aliphatic carbocycles. The van der Waals surface area contributed by atoms with E-state index in [9.17, 15) is 9.59 Å². The third kappa shape index (κ3) is 2.88. The van der Waals surface area contributed by atoms with E-state index in [2.05, 4.69) is 4.90 Å². The molecule has 1 aromatic heterocycles. The zero-order chi connectivity index (χ0) is 18.3. The van der Waals surface area contributed by atoms with Crippen LogP contribution in [0.25, 0.3) is 10.9 Å². The molecular weight excluding hydrogens is 330 g/mol. The molecule has 1 amide bonds. The van der Waals surface area contributed by atoms with Crippen molar-refractivity contribution in [2.45, 2.75) is 32.4 Å². The second kappa shape index (κ2) is 6.43. The predicted molar refractivity (Wildman–Crippen MR) is 98.8 cm³/mol. The summed E-state index contributed by atoms with van der Waals surface area (Å²) < 4.78 is 1.80. The maximum atomic E-state index is 12.7. The van der Waals surface area contributed by atoms with Gasteiger partial charge in [0.1, 0.15) is 6.54 Å². The third-order valence-corrected chi connectivity index (χ3v) is 5.95. The number of carboxylic acids is 1. The summed E-state index contributed by atoms with van der Waals surface area (Å²) in [6.07, 6.45) is 4.93. The summed E-state index contributed by atoms with van der Waals surface area (Å²) in [6, 6.07) is 7.94. The second-order valence-corrected chi connectivity index (χ2v) is 7.76. The lowest BCUT2D eigenvalue weighted by Crippen LogP contribution is -2.48. The van der Waals surface area contributed by atoms with E-state index >= 15 is 0 Å². The Labute approximate surface area is 153 Å². The van der Waals surface area contributed by atoms with Gasteiger partial charge in [0.15, 0.2) is 0 Å². The molecule has 3 heterocycles. The zero-order valence-corrected chi connectivity index (χ0v) is 15.1. The number of carbonyl (C=O) groups is 2. The molecule has 1 N–H and O–H groups in total. The van der Waals surface area contributed by atoms with Crippen LogP contribution < -0.4 is 0 Å². The number of likely N-dealkylation sites (tertiary alicyclic amines) is 2. The van der Waals surface area contributed by atoms with E-state index in [0.29, 0.717) is 5.91 Å². The molecule has 4 rings (SSSR count). The summed E-state index contributed by atoms with van der Waals surface area (Å²) >= 11 is 0. The molecule has 2 aliphatic heterocycles. The van der Waals surface area contributed by atoms with Gasteiger partial charge in [0.2, 0.25) is 5.91 Å². The quantitative estimate of drug-likeness (QED) is 0.913. The van der Waals surface area contributed by atoms with Gasteiger partial charge in [-0.25, -0.2) is 0 Å². The molecule has 0 saturated carbocycles. The lowest BCUT2D eigenvalue weighted by atomic mass is 9.78. The van der Waals surface area contributed by atoms with Crippen LogP contribution in [0.1, 0.15) is 24.8 Å². The topological polar surface area (TPSA) is 65.8 Å². The minimum atomic E-state index is -0.840. The van der Waals surface area contributed by atoms with Crippen LogP contribution in [0.2, 0.25) is 0 Å². The number of carbonyl (C=O) groups excluding carboxylic acids is 1. The number of aromatic nitrogens is 1. The van der Waals surface area contributed by atoms with Crippen LogP contribution in [0.3, 0.4) is 0 Å². The standard InChI is InChI=1S/C20H25N3O3/c1-21-9-4-7-20(19(21)26)8-10-22(14-20)11-15-12-23(13-18(24)25)17-6-3-2-5-16(15)17/h2-3,5-6,12H,4,7-11,13-14H2,1H3,(H,24,25)/t20-/m1/s1. The smallest absolute Gasteiger partial charge is 0.323 e. The molecule has 0 bridgehead atoms. The maximum Gasteiger partial charge on any atom is 0.323 e. The van der Waals surface area contributed by atoms with E-state index in [1.807, 2.05) is 42.4 Å². The first-order valence-corrected chi connectivity index (χ1v) is 9.25. The zero-order valence-electron chi connectivity index (χ0n) is 15.1. The van der Waals surface area contributed by atoms with Crippen LogP contribution >= 0.6 is 0 Å². The minimum absolute atomic E-state index is 0.0340. The van der Waals surface area contributed by atoms with Crippen molar-refractivity contribution in [3.8, 4) is 0 Å². The fraction of sp³-hybridized carbons (Fsp3) is 0.500. The van der Waals surface area contributed by atoms with Crippen LogP contribution in [-0.4, -0.2) is 58.0 Å². The average molecular weight is 355 g/mol. The first kappa shape index (κ1) is 17.1. The van der Waals surface area contributed by atoms with E-state index in [1.165, 1.54) is 0 Å². The maximum absolute atomic E-state index is 12.7. The Hall–Kier alpha value is -2.34. The molecule has 138 valence electrons. The van der Waals surface area contributed by atoms with Gasteiger partial charge in [-0.3, -0.25) is 14.5 Å². The minimum Gasteiger partial charge on any atom is -0.480 e. The number of benzene rings is 1. The number of hydrogen-bond acceptors (Lipinski definition) is 3. The second-order valence-electron chi connectivity index (χ2n) is 7.76. The normalized spacial score (nSPS) is 24.0. The van der Waals surface area contributed by atoms with Gasteiger partial charge in [-0.15, -0.1) is 0 Å². The number of amides is 1. The SMILES string of the molecule is CN1CCC[C@]2(CCN(Cc3cn(CC(=O)O)c4ccccc34)C2)C1=O. The highest BCUT2D eigenvalue weighted by Gasteiger charge is 2.47. The van der Waals surface area contributed by atoms with E-state index in [0.717, 1.165) is 61.9 Å². The predicted octanol–water partition coefficient (Wildman–Crippen LogP) is 2.17. The number of hydrogen-bond donors (Lipinski definition) is 1. The van der Waals surface area contributed by atoms with Gasteiger partial charge in [0.25, 0.3) is 0 Å². The number of rotatable bonds is 4. The van der Waals surface area contributed by atoms with Crippen LogP contribution in [-0.2, 0) is 22.7 Å². The van der Waals surface area contributed by atoms with Crippen molar-refractivity contribution in [2.24, 2.45) is 5.41 Å². The first-order valence-electron chi connectivity index (χ1n) is 9.25. The molecule has 2 saturated heterocycles. The lowest BCUT2D eigenvalue weighted by Gasteiger charge is -2.37. The Balaban J connectivity index is 1.57. The number of piperidine rings is 1. The van der Waals surface area contributed by atoms with E-state index < -0.39 is 5.97 Å². The lowest BCUT2D eigenvalue weighted by molar-refractivity contribution is -0.144. The van der Waals surface area contributed by atoms with Gasteiger partial charge in [-0.05, 0) is 37.4 Å². The van der Waals surface area contributed by atoms with Crippen LogP contribution in [0.4, 0.5) is 0 Å². The molecule has 1 spiro atoms. The van der Waals surface area contributed by atoms with E-state index in [1.54, 1.807) is 4.57 Å². The summed E-state index contributed by atoms with van der Waals surface area (Å²) in [7, 11) is 1.91. The number of aliphatic carboxylic acids is 1. The average Bonchev–Trinajstić information content (AvgIpc) is 3.16. The molecular formula is C20H25N3O3. The van der Waals surface area contributed by atoms with E-state index in [4.69, 9.17) is 5.11 Å². The summed E-state index contributed by atoms with van der Waals surface area (Å²) in [5, 5.41) is 10.3. The highest BCUT2D eigenvalue weighted by atomic mass is 16.4. The van der Waals surface area contributed by atoms with Gasteiger partial charge in [0, 0.05) is 43.8 Å². The molecule has 2 aliphatic rings. The Morgan fingerprint density at radius 2 is 2.04 bits per heavy atom. The molecule has 2 fully saturated rings. The summed E-state index contributed by atoms with van der Waals surface area (Å²) in [4.78, 5) is 28.1. The third-order valence-electron chi connectivity index (χ3n) is 5.95. The monoisotopic (exact) mass is 355 g/mol. The summed E-state index contributed by atoms with van der Waals surface area (Å²) in [6.45, 7) is 3.30. The van der Waals surface area contributed by atoms with Crippen LogP contribution in [0.5, 0.6) is 0 Å². The van der Waals surface area contributed by atoms with Gasteiger partial charge >= 0.3 is 5.97 Å². The number of carboxylic acid groups (broad SMARTS) is 1.